The molecule has 0 aliphatic rings. The maximum absolute atomic E-state index is 13.3. The van der Waals surface area contributed by atoms with Gasteiger partial charge in [-0.3, -0.25) is 9.36 Å². The summed E-state index contributed by atoms with van der Waals surface area (Å²) in [4.78, 5) is 18.0. The van der Waals surface area contributed by atoms with Gasteiger partial charge in [0.05, 0.1) is 17.9 Å². The summed E-state index contributed by atoms with van der Waals surface area (Å²) in [6, 6.07) is 18.0. The Bertz CT molecular complexity index is 1570. The van der Waals surface area contributed by atoms with E-state index in [1.54, 1.807) is 10.6 Å². The molecule has 3 aromatic heterocycles. The van der Waals surface area contributed by atoms with E-state index >= 15 is 0 Å². The third kappa shape index (κ3) is 3.65. The van der Waals surface area contributed by atoms with E-state index in [9.17, 15) is 4.79 Å². The number of hydrogen-bond acceptors (Lipinski definition) is 4. The van der Waals surface area contributed by atoms with Gasteiger partial charge in [-0.2, -0.15) is 5.10 Å². The first kappa shape index (κ1) is 21.9. The van der Waals surface area contributed by atoms with Crippen LogP contribution >= 0.6 is 0 Å². The highest BCUT2D eigenvalue weighted by atomic mass is 16.4. The normalized spacial score (nSPS) is 11.4. The Kier molecular flexibility index (Phi) is 5.44. The third-order valence-electron chi connectivity index (χ3n) is 6.46. The molecule has 0 spiro atoms. The van der Waals surface area contributed by atoms with E-state index in [1.165, 1.54) is 5.56 Å². The smallest absolute Gasteiger partial charge is 0.252 e. The second-order valence-corrected chi connectivity index (χ2v) is 8.80. The fraction of sp³-hybridized carbons (Fsp3) is 0.250. The Morgan fingerprint density at radius 1 is 0.941 bits per heavy atom. The maximum Gasteiger partial charge on any atom is 0.252 e. The van der Waals surface area contributed by atoms with E-state index in [0.717, 1.165) is 51.2 Å². The highest BCUT2D eigenvalue weighted by Gasteiger charge is 2.20. The van der Waals surface area contributed by atoms with E-state index in [4.69, 9.17) is 14.5 Å². The van der Waals surface area contributed by atoms with Crippen molar-refractivity contribution in [3.8, 4) is 17.1 Å². The molecule has 0 saturated carbocycles. The average Bonchev–Trinajstić information content (AvgIpc) is 3.36. The molecular formula is C28H28N4O2. The molecule has 0 radical (unpaired) electrons. The van der Waals surface area contributed by atoms with Crippen LogP contribution in [0.25, 0.3) is 28.2 Å². The Hall–Kier alpha value is -3.93. The van der Waals surface area contributed by atoms with Gasteiger partial charge in [-0.15, -0.1) is 0 Å². The van der Waals surface area contributed by atoms with Crippen molar-refractivity contribution in [1.82, 2.24) is 19.3 Å². The van der Waals surface area contributed by atoms with Crippen molar-refractivity contribution in [3.05, 3.63) is 98.8 Å². The lowest BCUT2D eigenvalue weighted by atomic mass is 10.1. The van der Waals surface area contributed by atoms with Gasteiger partial charge in [0, 0.05) is 17.0 Å². The number of fused-ring (bicyclic) bond motifs is 1. The molecule has 0 atom stereocenters. The zero-order valence-electron chi connectivity index (χ0n) is 20.2. The number of aryl methyl sites for hydroxylation is 5. The molecule has 5 aromatic rings. The van der Waals surface area contributed by atoms with Crippen molar-refractivity contribution in [2.75, 3.05) is 0 Å². The largest absolute Gasteiger partial charge is 0.441 e. The van der Waals surface area contributed by atoms with E-state index in [1.807, 2.05) is 56.6 Å². The monoisotopic (exact) mass is 452 g/mol. The van der Waals surface area contributed by atoms with Gasteiger partial charge < -0.3 is 4.42 Å². The fourth-order valence-electron chi connectivity index (χ4n) is 4.52. The molecule has 0 saturated heterocycles. The number of hydrogen-bond donors (Lipinski definition) is 0. The topological polar surface area (TPSA) is 65.8 Å². The summed E-state index contributed by atoms with van der Waals surface area (Å²) in [5.41, 5.74) is 7.45. The lowest BCUT2D eigenvalue weighted by molar-refractivity contribution is 0.537. The molecule has 0 aliphatic carbocycles. The first-order chi connectivity index (χ1) is 16.4. The van der Waals surface area contributed by atoms with Gasteiger partial charge >= 0.3 is 0 Å². The first-order valence-corrected chi connectivity index (χ1v) is 11.6. The number of rotatable bonds is 5. The van der Waals surface area contributed by atoms with Crippen LogP contribution in [0, 0.1) is 27.7 Å². The summed E-state index contributed by atoms with van der Waals surface area (Å²) in [7, 11) is 0. The number of nitrogens with zero attached hydrogens (tertiary/aromatic N) is 4. The van der Waals surface area contributed by atoms with Crippen molar-refractivity contribution < 1.29 is 4.42 Å². The standard InChI is InChI=1S/C28H28N4O2/c1-6-21-11-13-22(14-12-21)32-28-26(19(4)30-32)18(3)15-25(33)31(28)16-24-20(5)34-27(29-24)23-10-8-7-9-17(23)2/h7-15H,6,16H2,1-5H3. The number of aromatic nitrogens is 4. The average molecular weight is 453 g/mol. The summed E-state index contributed by atoms with van der Waals surface area (Å²) < 4.78 is 9.65. The van der Waals surface area contributed by atoms with Crippen LogP contribution in [0.1, 0.15) is 40.8 Å². The molecule has 6 nitrogen and oxygen atoms in total. The molecular weight excluding hydrogens is 424 g/mol. The van der Waals surface area contributed by atoms with Crippen molar-refractivity contribution >= 4 is 11.0 Å². The van der Waals surface area contributed by atoms with Crippen LogP contribution in [-0.2, 0) is 13.0 Å². The van der Waals surface area contributed by atoms with Crippen molar-refractivity contribution in [1.29, 1.82) is 0 Å². The molecule has 0 bridgehead atoms. The second-order valence-electron chi connectivity index (χ2n) is 8.80. The Morgan fingerprint density at radius 3 is 2.38 bits per heavy atom. The molecule has 0 fully saturated rings. The van der Waals surface area contributed by atoms with Gasteiger partial charge in [-0.25, -0.2) is 9.67 Å². The zero-order valence-corrected chi connectivity index (χ0v) is 20.2. The highest BCUT2D eigenvalue weighted by molar-refractivity contribution is 5.83. The van der Waals surface area contributed by atoms with Gasteiger partial charge in [0.25, 0.3) is 5.56 Å². The van der Waals surface area contributed by atoms with Crippen LogP contribution < -0.4 is 5.56 Å². The molecule has 34 heavy (non-hydrogen) atoms. The maximum atomic E-state index is 13.3. The Balaban J connectivity index is 1.67. The predicted molar refractivity (Wildman–Crippen MR) is 135 cm³/mol. The zero-order chi connectivity index (χ0) is 24.0. The SMILES string of the molecule is CCc1ccc(-n2nc(C)c3c(C)cc(=O)n(Cc4nc(-c5ccccc5C)oc4C)c32)cc1. The van der Waals surface area contributed by atoms with E-state index in [-0.39, 0.29) is 5.56 Å². The number of benzene rings is 2. The van der Waals surface area contributed by atoms with Crippen LogP contribution in [0.5, 0.6) is 0 Å². The lowest BCUT2D eigenvalue weighted by Gasteiger charge is -2.12. The Labute approximate surface area is 198 Å². The highest BCUT2D eigenvalue weighted by Crippen LogP contribution is 2.27. The van der Waals surface area contributed by atoms with E-state index < -0.39 is 0 Å². The van der Waals surface area contributed by atoms with Gasteiger partial charge in [0.2, 0.25) is 5.89 Å². The molecule has 0 N–H and O–H groups in total. The summed E-state index contributed by atoms with van der Waals surface area (Å²) in [5, 5.41) is 5.81. The van der Waals surface area contributed by atoms with Crippen LogP contribution in [0.15, 0.2) is 63.8 Å². The molecule has 172 valence electrons. The summed E-state index contributed by atoms with van der Waals surface area (Å²) in [5.74, 6) is 1.27. The molecule has 0 amide bonds. The lowest BCUT2D eigenvalue weighted by Crippen LogP contribution is -2.23. The molecule has 6 heteroatoms. The summed E-state index contributed by atoms with van der Waals surface area (Å²) >= 11 is 0. The number of pyridine rings is 1. The number of oxazole rings is 1. The van der Waals surface area contributed by atoms with Crippen molar-refractivity contribution in [3.63, 3.8) is 0 Å². The van der Waals surface area contributed by atoms with Crippen LogP contribution in [0.2, 0.25) is 0 Å². The van der Waals surface area contributed by atoms with Gasteiger partial charge in [0.1, 0.15) is 17.1 Å². The van der Waals surface area contributed by atoms with Crippen molar-refractivity contribution in [2.24, 2.45) is 0 Å². The van der Waals surface area contributed by atoms with Crippen LogP contribution in [0.3, 0.4) is 0 Å². The van der Waals surface area contributed by atoms with Gasteiger partial charge in [0.15, 0.2) is 0 Å². The van der Waals surface area contributed by atoms with Gasteiger partial charge in [-0.05, 0) is 69.0 Å². The minimum Gasteiger partial charge on any atom is -0.441 e. The van der Waals surface area contributed by atoms with Crippen LogP contribution in [-0.4, -0.2) is 19.3 Å². The first-order valence-electron chi connectivity index (χ1n) is 11.6. The quantitative estimate of drug-likeness (QED) is 0.344. The fourth-order valence-corrected chi connectivity index (χ4v) is 4.52. The molecule has 0 unspecified atom stereocenters. The van der Waals surface area contributed by atoms with Gasteiger partial charge in [-0.1, -0.05) is 37.3 Å². The second kappa shape index (κ2) is 8.45. The van der Waals surface area contributed by atoms with Crippen molar-refractivity contribution in [2.45, 2.75) is 47.6 Å². The summed E-state index contributed by atoms with van der Waals surface area (Å²) in [6.45, 7) is 10.3. The minimum atomic E-state index is -0.0869. The molecule has 3 heterocycles. The predicted octanol–water partition coefficient (Wildman–Crippen LogP) is 5.69. The molecule has 0 aliphatic heterocycles. The summed E-state index contributed by atoms with van der Waals surface area (Å²) in [6.07, 6.45) is 0.970. The van der Waals surface area contributed by atoms with Crippen LogP contribution in [0.4, 0.5) is 0 Å². The van der Waals surface area contributed by atoms with E-state index in [0.29, 0.717) is 18.2 Å². The Morgan fingerprint density at radius 2 is 1.68 bits per heavy atom. The van der Waals surface area contributed by atoms with E-state index in [2.05, 4.69) is 31.2 Å². The third-order valence-corrected chi connectivity index (χ3v) is 6.46. The minimum absolute atomic E-state index is 0.0869. The molecule has 5 rings (SSSR count). The molecule has 2 aromatic carbocycles.